The minimum Gasteiger partial charge on any atom is -0.455 e. The van der Waals surface area contributed by atoms with Crippen molar-refractivity contribution in [1.29, 1.82) is 0 Å². The Balaban J connectivity index is 1.08. The topological polar surface area (TPSA) is 31.6 Å². The van der Waals surface area contributed by atoms with Crippen molar-refractivity contribution in [3.63, 3.8) is 0 Å². The summed E-state index contributed by atoms with van der Waals surface area (Å²) in [5.74, 6) is 2.93. The highest BCUT2D eigenvalue weighted by Crippen LogP contribution is 2.65. The van der Waals surface area contributed by atoms with Crippen molar-refractivity contribution in [3.8, 4) is 67.5 Å². The lowest BCUT2D eigenvalue weighted by molar-refractivity contribution is 0.359. The molecule has 8 aromatic carbocycles. The van der Waals surface area contributed by atoms with E-state index < -0.39 is 5.41 Å². The van der Waals surface area contributed by atoms with Gasteiger partial charge in [0, 0.05) is 16.3 Å². The lowest BCUT2D eigenvalue weighted by Crippen LogP contribution is -2.26. The molecule has 3 heteroatoms. The molecule has 1 aromatic heterocycles. The van der Waals surface area contributed by atoms with Crippen LogP contribution in [0.25, 0.3) is 66.4 Å². The van der Waals surface area contributed by atoms with Gasteiger partial charge in [-0.3, -0.25) is 0 Å². The molecule has 2 aliphatic carbocycles. The van der Waals surface area contributed by atoms with Gasteiger partial charge in [0.1, 0.15) is 11.2 Å². The molecular weight excluding hydrogens is 637 g/mol. The molecule has 3 nitrogen and oxygen atoms in total. The fourth-order valence-corrected chi connectivity index (χ4v) is 9.18. The number of para-hydroxylation sites is 4. The lowest BCUT2D eigenvalue weighted by Gasteiger charge is -2.31. The van der Waals surface area contributed by atoms with Crippen molar-refractivity contribution < 1.29 is 13.9 Å². The Morgan fingerprint density at radius 1 is 0.327 bits per heavy atom. The first-order valence-electron chi connectivity index (χ1n) is 17.7. The number of rotatable bonds is 2. The number of benzene rings is 8. The van der Waals surface area contributed by atoms with Gasteiger partial charge in [0.15, 0.2) is 23.0 Å². The van der Waals surface area contributed by atoms with E-state index in [1.807, 2.05) is 36.4 Å². The second-order valence-electron chi connectivity index (χ2n) is 14.0. The van der Waals surface area contributed by atoms with Crippen LogP contribution in [0.1, 0.15) is 22.3 Å². The fourth-order valence-electron chi connectivity index (χ4n) is 9.18. The molecule has 0 unspecified atom stereocenters. The summed E-state index contributed by atoms with van der Waals surface area (Å²) < 4.78 is 19.5. The van der Waals surface area contributed by atoms with E-state index in [9.17, 15) is 0 Å². The highest BCUT2D eigenvalue weighted by atomic mass is 16.6. The van der Waals surface area contributed by atoms with Crippen LogP contribution in [-0.4, -0.2) is 0 Å². The van der Waals surface area contributed by atoms with Crippen LogP contribution in [0.15, 0.2) is 174 Å². The first-order valence-corrected chi connectivity index (χ1v) is 17.7. The Morgan fingerprint density at radius 3 is 1.71 bits per heavy atom. The SMILES string of the molecule is c1cc(-c2ccc3c(c2)C2(c4ccccc4-c4ccccc42)c2cc4c(cc2-3)Oc2ccccc2O4)cc(-c2cccc3c2oc2ccccc23)c1. The van der Waals surface area contributed by atoms with Crippen LogP contribution in [0.3, 0.4) is 0 Å². The average molecular weight is 665 g/mol. The van der Waals surface area contributed by atoms with Gasteiger partial charge in [-0.2, -0.15) is 0 Å². The molecule has 0 saturated carbocycles. The van der Waals surface area contributed by atoms with Crippen LogP contribution in [0.2, 0.25) is 0 Å². The zero-order chi connectivity index (χ0) is 34.0. The highest BCUT2D eigenvalue weighted by Gasteiger charge is 2.52. The predicted molar refractivity (Wildman–Crippen MR) is 207 cm³/mol. The normalized spacial score (nSPS) is 13.8. The molecule has 1 spiro atoms. The van der Waals surface area contributed by atoms with Crippen molar-refractivity contribution in [1.82, 2.24) is 0 Å². The van der Waals surface area contributed by atoms with Gasteiger partial charge in [0.25, 0.3) is 0 Å². The number of hydrogen-bond acceptors (Lipinski definition) is 3. The van der Waals surface area contributed by atoms with Gasteiger partial charge < -0.3 is 13.9 Å². The van der Waals surface area contributed by atoms with E-state index in [1.165, 1.54) is 44.5 Å². The summed E-state index contributed by atoms with van der Waals surface area (Å²) in [5.41, 5.74) is 15.8. The molecule has 9 aromatic rings. The third-order valence-corrected chi connectivity index (χ3v) is 11.4. The Morgan fingerprint density at radius 2 is 0.904 bits per heavy atom. The van der Waals surface area contributed by atoms with Crippen LogP contribution in [0.4, 0.5) is 0 Å². The fraction of sp³-hybridized carbons (Fsp3) is 0.0204. The summed E-state index contributed by atoms with van der Waals surface area (Å²) in [4.78, 5) is 0. The van der Waals surface area contributed by atoms with Crippen molar-refractivity contribution >= 4 is 21.9 Å². The summed E-state index contributed by atoms with van der Waals surface area (Å²) in [6.45, 7) is 0. The van der Waals surface area contributed by atoms with Crippen molar-refractivity contribution in [2.75, 3.05) is 0 Å². The number of hydrogen-bond donors (Lipinski definition) is 0. The Bertz CT molecular complexity index is 2940. The van der Waals surface area contributed by atoms with Crippen LogP contribution in [0, 0.1) is 0 Å². The van der Waals surface area contributed by atoms with E-state index in [2.05, 4.69) is 133 Å². The largest absolute Gasteiger partial charge is 0.455 e. The number of ether oxygens (including phenoxy) is 2. The summed E-state index contributed by atoms with van der Waals surface area (Å²) in [7, 11) is 0. The van der Waals surface area contributed by atoms with Gasteiger partial charge >= 0.3 is 0 Å². The first-order chi connectivity index (χ1) is 25.8. The minimum atomic E-state index is -0.527. The smallest absolute Gasteiger partial charge is 0.170 e. The van der Waals surface area contributed by atoms with Gasteiger partial charge in [-0.25, -0.2) is 0 Å². The second kappa shape index (κ2) is 10.1. The molecule has 0 fully saturated rings. The van der Waals surface area contributed by atoms with E-state index in [0.717, 1.165) is 67.2 Å². The summed E-state index contributed by atoms with van der Waals surface area (Å²) in [5, 5.41) is 2.27. The lowest BCUT2D eigenvalue weighted by atomic mass is 9.70. The Hall–Kier alpha value is -6.84. The van der Waals surface area contributed by atoms with E-state index in [0.29, 0.717) is 0 Å². The molecule has 2 heterocycles. The van der Waals surface area contributed by atoms with E-state index in [1.54, 1.807) is 0 Å². The number of furan rings is 1. The van der Waals surface area contributed by atoms with Crippen molar-refractivity contribution in [3.05, 3.63) is 192 Å². The minimum absolute atomic E-state index is 0.527. The monoisotopic (exact) mass is 664 g/mol. The standard InChI is InChI=1S/C49H28O3/c1-4-18-39-33(13-1)34-14-2-5-19-40(34)49(39)41-26-30(23-24-35(41)38-27-46-47(28-42(38)49)51-45-22-8-7-21-44(45)50-46)29-11-9-12-31(25-29)32-16-10-17-37-36-15-3-6-20-43(36)52-48(32)37/h1-28H. The van der Waals surface area contributed by atoms with Gasteiger partial charge in [-0.15, -0.1) is 0 Å². The summed E-state index contributed by atoms with van der Waals surface area (Å²) in [6, 6.07) is 60.6. The molecule has 52 heavy (non-hydrogen) atoms. The molecule has 0 amide bonds. The van der Waals surface area contributed by atoms with E-state index >= 15 is 0 Å². The summed E-state index contributed by atoms with van der Waals surface area (Å²) in [6.07, 6.45) is 0. The van der Waals surface area contributed by atoms with E-state index in [4.69, 9.17) is 13.9 Å². The van der Waals surface area contributed by atoms with Gasteiger partial charge in [0.2, 0.25) is 0 Å². The third kappa shape index (κ3) is 3.59. The molecular formula is C49H28O3. The average Bonchev–Trinajstić information content (AvgIpc) is 3.83. The molecule has 0 atom stereocenters. The first kappa shape index (κ1) is 27.9. The molecule has 242 valence electrons. The van der Waals surface area contributed by atoms with Gasteiger partial charge in [0.05, 0.1) is 5.41 Å². The maximum absolute atomic E-state index is 6.55. The zero-order valence-corrected chi connectivity index (χ0v) is 27.9. The van der Waals surface area contributed by atoms with Crippen LogP contribution >= 0.6 is 0 Å². The van der Waals surface area contributed by atoms with Crippen LogP contribution < -0.4 is 9.47 Å². The summed E-state index contributed by atoms with van der Waals surface area (Å²) >= 11 is 0. The highest BCUT2D eigenvalue weighted by molar-refractivity contribution is 6.09. The Kier molecular flexibility index (Phi) is 5.43. The molecule has 3 aliphatic rings. The zero-order valence-electron chi connectivity index (χ0n) is 27.9. The number of fused-ring (bicyclic) bond motifs is 15. The van der Waals surface area contributed by atoms with Crippen molar-refractivity contribution in [2.24, 2.45) is 0 Å². The van der Waals surface area contributed by atoms with Crippen LogP contribution in [-0.2, 0) is 5.41 Å². The second-order valence-corrected chi connectivity index (χ2v) is 14.0. The molecule has 0 bridgehead atoms. The maximum atomic E-state index is 6.55. The molecule has 12 rings (SSSR count). The molecule has 1 aliphatic heterocycles. The van der Waals surface area contributed by atoms with E-state index in [-0.39, 0.29) is 0 Å². The Labute approximate surface area is 300 Å². The van der Waals surface area contributed by atoms with Gasteiger partial charge in [-0.1, -0.05) is 127 Å². The van der Waals surface area contributed by atoms with Crippen LogP contribution in [0.5, 0.6) is 23.0 Å². The van der Waals surface area contributed by atoms with Crippen molar-refractivity contribution in [2.45, 2.75) is 5.41 Å². The predicted octanol–water partition coefficient (Wildman–Crippen LogP) is 13.2. The quantitative estimate of drug-likeness (QED) is 0.184. The molecule has 0 N–H and O–H groups in total. The maximum Gasteiger partial charge on any atom is 0.170 e. The van der Waals surface area contributed by atoms with Gasteiger partial charge in [-0.05, 0) is 104 Å². The molecule has 0 radical (unpaired) electrons. The third-order valence-electron chi connectivity index (χ3n) is 11.4. The molecule has 0 saturated heterocycles.